The minimum Gasteiger partial charge on any atom is -0.383 e. The van der Waals surface area contributed by atoms with Crippen LogP contribution in [0, 0.1) is 0 Å². The first-order valence-electron chi connectivity index (χ1n) is 13.3. The molecule has 7 rings (SSSR count). The Kier molecular flexibility index (Phi) is 6.29. The topological polar surface area (TPSA) is 105 Å². The van der Waals surface area contributed by atoms with Crippen LogP contribution in [-0.4, -0.2) is 82.0 Å². The van der Waals surface area contributed by atoms with Gasteiger partial charge in [-0.3, -0.25) is 4.79 Å². The number of thiazole rings is 1. The van der Waals surface area contributed by atoms with Gasteiger partial charge in [0.15, 0.2) is 5.65 Å². The summed E-state index contributed by atoms with van der Waals surface area (Å²) in [7, 11) is 3.89. The number of likely N-dealkylation sites (N-methyl/N-ethyl adjacent to an activating group) is 1. The minimum atomic E-state index is -0.208. The Morgan fingerprint density at radius 3 is 2.75 bits per heavy atom. The Balaban J connectivity index is 1.18. The number of methoxy groups -OCH3 is 1. The van der Waals surface area contributed by atoms with Gasteiger partial charge in [0.05, 0.1) is 24.6 Å². The average molecular weight is 556 g/mol. The van der Waals surface area contributed by atoms with Crippen molar-refractivity contribution in [2.45, 2.75) is 18.0 Å². The number of hydrogen-bond acceptors (Lipinski definition) is 11. The fraction of sp³-hybridized carbons (Fsp3) is 0.321. The molecule has 5 heterocycles. The van der Waals surface area contributed by atoms with E-state index in [0.29, 0.717) is 35.5 Å². The Labute approximate surface area is 235 Å². The number of hydrogen-bond donors (Lipinski definition) is 1. The molecule has 0 amide bonds. The van der Waals surface area contributed by atoms with Gasteiger partial charge in [-0.1, -0.05) is 24.3 Å². The van der Waals surface area contributed by atoms with E-state index in [0.717, 1.165) is 36.1 Å². The second kappa shape index (κ2) is 10.1. The standard InChI is InChI=1S/C28H29N9O2S/c1-34-12-13-35(20(16-34)17-39-2)19-9-7-18(8-10-19)31-27-30-15-22-24(33-27)32-25-21-5-3-4-6-23(21)36(37(25)26(22)38)28-29-11-14-40-28/h3-11,14-15,20-21,23H,12-13,16-17H2,1-2H3,(H,30,31,33)/t20-,21?,23?/m1/s1. The molecule has 1 aromatic carbocycles. The van der Waals surface area contributed by atoms with Gasteiger partial charge in [0.25, 0.3) is 5.56 Å². The first-order chi connectivity index (χ1) is 19.6. The van der Waals surface area contributed by atoms with Crippen LogP contribution >= 0.6 is 11.3 Å². The molecule has 2 aliphatic heterocycles. The van der Waals surface area contributed by atoms with E-state index >= 15 is 0 Å². The van der Waals surface area contributed by atoms with E-state index in [1.807, 2.05) is 34.7 Å². The third-order valence-corrected chi connectivity index (χ3v) is 8.41. The molecule has 12 heteroatoms. The lowest BCUT2D eigenvalue weighted by molar-refractivity contribution is 0.143. The lowest BCUT2D eigenvalue weighted by atomic mass is 9.96. The normalized spacial score (nSPS) is 22.1. The van der Waals surface area contributed by atoms with E-state index in [-0.39, 0.29) is 17.5 Å². The summed E-state index contributed by atoms with van der Waals surface area (Å²) < 4.78 is 7.10. The first-order valence-corrected chi connectivity index (χ1v) is 14.1. The quantitative estimate of drug-likeness (QED) is 0.382. The number of aromatic nitrogens is 5. The van der Waals surface area contributed by atoms with Crippen LogP contribution in [0.3, 0.4) is 0 Å². The maximum absolute atomic E-state index is 13.7. The summed E-state index contributed by atoms with van der Waals surface area (Å²) in [5.74, 6) is 0.950. The number of ether oxygens (including phenoxy) is 1. The molecule has 0 spiro atoms. The predicted molar refractivity (Wildman–Crippen MR) is 157 cm³/mol. The van der Waals surface area contributed by atoms with Gasteiger partial charge in [-0.2, -0.15) is 9.66 Å². The monoisotopic (exact) mass is 555 g/mol. The summed E-state index contributed by atoms with van der Waals surface area (Å²) >= 11 is 1.49. The van der Waals surface area contributed by atoms with E-state index < -0.39 is 0 Å². The number of anilines is 4. The van der Waals surface area contributed by atoms with Crippen LogP contribution in [0.15, 0.2) is 71.1 Å². The van der Waals surface area contributed by atoms with E-state index in [1.54, 1.807) is 24.2 Å². The highest BCUT2D eigenvalue weighted by atomic mass is 32.1. The summed E-state index contributed by atoms with van der Waals surface area (Å²) in [4.78, 5) is 36.9. The van der Waals surface area contributed by atoms with E-state index in [9.17, 15) is 4.79 Å². The molecule has 1 fully saturated rings. The SMILES string of the molecule is COC[C@H]1CN(C)CCN1c1ccc(Nc2ncc3c(=O)n4c(nc3n2)C2C=CC=CC2N4c2nccs2)cc1. The third-order valence-electron chi connectivity index (χ3n) is 7.65. The van der Waals surface area contributed by atoms with Crippen LogP contribution in [0.5, 0.6) is 0 Å². The molecule has 204 valence electrons. The van der Waals surface area contributed by atoms with Crippen LogP contribution in [0.4, 0.5) is 22.5 Å². The Morgan fingerprint density at radius 1 is 1.10 bits per heavy atom. The van der Waals surface area contributed by atoms with E-state index in [1.165, 1.54) is 11.3 Å². The molecular formula is C28H29N9O2S. The van der Waals surface area contributed by atoms with Gasteiger partial charge in [-0.05, 0) is 31.3 Å². The molecule has 3 atom stereocenters. The highest BCUT2D eigenvalue weighted by Gasteiger charge is 2.41. The molecule has 3 aliphatic rings. The van der Waals surface area contributed by atoms with Crippen molar-refractivity contribution in [1.29, 1.82) is 0 Å². The van der Waals surface area contributed by atoms with Gasteiger partial charge < -0.3 is 19.9 Å². The molecular weight excluding hydrogens is 526 g/mol. The zero-order valence-electron chi connectivity index (χ0n) is 22.2. The molecule has 2 unspecified atom stereocenters. The largest absolute Gasteiger partial charge is 0.383 e. The molecule has 0 saturated carbocycles. The number of piperazine rings is 1. The van der Waals surface area contributed by atoms with E-state index in [2.05, 4.69) is 61.4 Å². The molecule has 40 heavy (non-hydrogen) atoms. The number of fused-ring (bicyclic) bond motifs is 4. The van der Waals surface area contributed by atoms with Crippen molar-refractivity contribution < 1.29 is 4.74 Å². The molecule has 3 aromatic heterocycles. The number of rotatable bonds is 6. The number of nitrogens with zero attached hydrogens (tertiary/aromatic N) is 8. The van der Waals surface area contributed by atoms with Crippen LogP contribution in [0.1, 0.15) is 11.7 Å². The number of nitrogens with one attached hydrogen (secondary N) is 1. The lowest BCUT2D eigenvalue weighted by Gasteiger charge is -2.41. The van der Waals surface area contributed by atoms with Crippen LogP contribution in [0.2, 0.25) is 0 Å². The summed E-state index contributed by atoms with van der Waals surface area (Å²) in [5.41, 5.74) is 2.17. The zero-order chi connectivity index (χ0) is 27.2. The van der Waals surface area contributed by atoms with Crippen molar-refractivity contribution in [2.24, 2.45) is 0 Å². The van der Waals surface area contributed by atoms with Gasteiger partial charge >= 0.3 is 0 Å². The van der Waals surface area contributed by atoms with Gasteiger partial charge in [0, 0.05) is 55.9 Å². The fourth-order valence-corrected chi connectivity index (χ4v) is 6.44. The Hall–Kier alpha value is -4.13. The van der Waals surface area contributed by atoms with Gasteiger partial charge in [0.2, 0.25) is 11.1 Å². The molecule has 1 N–H and O–H groups in total. The maximum atomic E-state index is 13.7. The fourth-order valence-electron chi connectivity index (χ4n) is 5.76. The van der Waals surface area contributed by atoms with Crippen molar-refractivity contribution in [3.8, 4) is 0 Å². The van der Waals surface area contributed by atoms with Crippen LogP contribution in [-0.2, 0) is 4.74 Å². The van der Waals surface area contributed by atoms with Crippen LogP contribution in [0.25, 0.3) is 11.0 Å². The average Bonchev–Trinajstić information content (AvgIpc) is 3.61. The molecule has 11 nitrogen and oxygen atoms in total. The summed E-state index contributed by atoms with van der Waals surface area (Å²) in [6, 6.07) is 8.47. The van der Waals surface area contributed by atoms with Gasteiger partial charge in [-0.15, -0.1) is 11.3 Å². The van der Waals surface area contributed by atoms with E-state index in [4.69, 9.17) is 9.72 Å². The second-order valence-corrected chi connectivity index (χ2v) is 11.1. The van der Waals surface area contributed by atoms with Gasteiger partial charge in [0.1, 0.15) is 11.2 Å². The summed E-state index contributed by atoms with van der Waals surface area (Å²) in [5, 5.41) is 8.20. The zero-order valence-corrected chi connectivity index (χ0v) is 23.0. The van der Waals surface area contributed by atoms with Crippen molar-refractivity contribution in [3.63, 3.8) is 0 Å². The second-order valence-electron chi connectivity index (χ2n) is 10.2. The maximum Gasteiger partial charge on any atom is 0.283 e. The van der Waals surface area contributed by atoms with Gasteiger partial charge in [-0.25, -0.2) is 20.0 Å². The molecule has 4 aromatic rings. The lowest BCUT2D eigenvalue weighted by Crippen LogP contribution is -2.53. The minimum absolute atomic E-state index is 0.0820. The van der Waals surface area contributed by atoms with Crippen molar-refractivity contribution in [1.82, 2.24) is 29.5 Å². The smallest absolute Gasteiger partial charge is 0.283 e. The molecule has 1 saturated heterocycles. The molecule has 0 radical (unpaired) electrons. The number of benzene rings is 1. The highest BCUT2D eigenvalue weighted by Crippen LogP contribution is 2.38. The van der Waals surface area contributed by atoms with Crippen molar-refractivity contribution in [3.05, 3.63) is 82.5 Å². The molecule has 1 aliphatic carbocycles. The Morgan fingerprint density at radius 2 is 1.95 bits per heavy atom. The predicted octanol–water partition coefficient (Wildman–Crippen LogP) is 3.01. The first kappa shape index (κ1) is 24.9. The molecule has 0 bridgehead atoms. The number of allylic oxidation sites excluding steroid dienone is 2. The van der Waals surface area contributed by atoms with Crippen molar-refractivity contribution >= 4 is 44.8 Å². The van der Waals surface area contributed by atoms with Crippen molar-refractivity contribution in [2.75, 3.05) is 55.6 Å². The Bertz CT molecular complexity index is 1650. The summed E-state index contributed by atoms with van der Waals surface area (Å²) in [6.07, 6.45) is 11.4. The van der Waals surface area contributed by atoms with Crippen LogP contribution < -0.4 is 20.8 Å². The third kappa shape index (κ3) is 4.24. The highest BCUT2D eigenvalue weighted by molar-refractivity contribution is 7.13. The summed E-state index contributed by atoms with van der Waals surface area (Å²) in [6.45, 7) is 3.60.